The van der Waals surface area contributed by atoms with Gasteiger partial charge in [-0.1, -0.05) is 28.4 Å². The maximum absolute atomic E-state index is 9.40. The third-order valence-corrected chi connectivity index (χ3v) is 2.72. The predicted molar refractivity (Wildman–Crippen MR) is 66.5 cm³/mol. The Kier molecular flexibility index (Phi) is 3.40. The lowest BCUT2D eigenvalue weighted by atomic mass is 10.3. The molecule has 5 nitrogen and oxygen atoms in total. The van der Waals surface area contributed by atoms with Crippen molar-refractivity contribution in [2.45, 2.75) is 6.54 Å². The number of hydrogen-bond donors (Lipinski definition) is 2. The molecule has 0 atom stereocenters. The highest BCUT2D eigenvalue weighted by Crippen LogP contribution is 2.34. The lowest BCUT2D eigenvalue weighted by Gasteiger charge is -2.07. The average Bonchev–Trinajstić information content (AvgIpc) is 2.69. The maximum Gasteiger partial charge on any atom is 0.152 e. The number of benzene rings is 1. The molecule has 2 N–H and O–H groups in total. The van der Waals surface area contributed by atoms with E-state index in [1.807, 2.05) is 0 Å². The molecule has 1 aromatic heterocycles. The molecule has 0 aliphatic heterocycles. The number of halogens is 2. The Bertz CT molecular complexity index is 518. The first-order chi connectivity index (χ1) is 8.06. The molecule has 90 valence electrons. The largest absolute Gasteiger partial charge is 0.505 e. The van der Waals surface area contributed by atoms with Crippen LogP contribution in [0.25, 0.3) is 0 Å². The molecule has 2 rings (SSSR count). The molecule has 0 radical (unpaired) electrons. The molecule has 7 heteroatoms. The summed E-state index contributed by atoms with van der Waals surface area (Å²) in [7, 11) is 1.80. The van der Waals surface area contributed by atoms with Gasteiger partial charge in [0, 0.05) is 18.9 Å². The van der Waals surface area contributed by atoms with Gasteiger partial charge in [0.25, 0.3) is 0 Å². The predicted octanol–water partition coefficient (Wildman–Crippen LogP) is 2.44. The van der Waals surface area contributed by atoms with Crippen LogP contribution in [0.5, 0.6) is 5.75 Å². The summed E-state index contributed by atoms with van der Waals surface area (Å²) < 4.78 is 1.62. The number of aromatic nitrogens is 3. The summed E-state index contributed by atoms with van der Waals surface area (Å²) in [5.41, 5.74) is 1.51. The second-order valence-corrected chi connectivity index (χ2v) is 4.34. The van der Waals surface area contributed by atoms with Crippen molar-refractivity contribution in [3.63, 3.8) is 0 Å². The molecule has 0 spiro atoms. The summed E-state index contributed by atoms with van der Waals surface area (Å²) in [6, 6.07) is 3.19. The second kappa shape index (κ2) is 4.81. The van der Waals surface area contributed by atoms with Crippen LogP contribution in [-0.2, 0) is 13.6 Å². The molecule has 0 aliphatic rings. The van der Waals surface area contributed by atoms with Crippen molar-refractivity contribution in [2.24, 2.45) is 7.05 Å². The van der Waals surface area contributed by atoms with E-state index in [1.54, 1.807) is 30.1 Å². The molecule has 17 heavy (non-hydrogen) atoms. The number of anilines is 1. The molecule has 0 unspecified atom stereocenters. The highest BCUT2D eigenvalue weighted by molar-refractivity contribution is 6.37. The highest BCUT2D eigenvalue weighted by atomic mass is 35.5. The van der Waals surface area contributed by atoms with Crippen molar-refractivity contribution >= 4 is 28.9 Å². The monoisotopic (exact) mass is 272 g/mol. The summed E-state index contributed by atoms with van der Waals surface area (Å²) in [5, 5.41) is 20.6. The summed E-state index contributed by atoms with van der Waals surface area (Å²) in [5.74, 6) is -0.113. The third-order valence-electron chi connectivity index (χ3n) is 2.14. The first-order valence-corrected chi connectivity index (χ1v) is 5.59. The van der Waals surface area contributed by atoms with Crippen molar-refractivity contribution in [1.82, 2.24) is 15.0 Å². The van der Waals surface area contributed by atoms with E-state index in [1.165, 1.54) is 0 Å². The number of nitrogens with zero attached hydrogens (tertiary/aromatic N) is 3. The molecule has 1 heterocycles. The van der Waals surface area contributed by atoms with Gasteiger partial charge in [-0.15, -0.1) is 5.10 Å². The van der Waals surface area contributed by atoms with Crippen molar-refractivity contribution in [3.8, 4) is 5.75 Å². The Morgan fingerprint density at radius 2 is 2.00 bits per heavy atom. The molecule has 0 saturated carbocycles. The van der Waals surface area contributed by atoms with Gasteiger partial charge in [-0.05, 0) is 12.1 Å². The first-order valence-electron chi connectivity index (χ1n) is 4.83. The molecule has 0 bridgehead atoms. The van der Waals surface area contributed by atoms with Crippen LogP contribution >= 0.6 is 23.2 Å². The van der Waals surface area contributed by atoms with Crippen molar-refractivity contribution in [3.05, 3.63) is 34.1 Å². The van der Waals surface area contributed by atoms with Crippen LogP contribution in [0.2, 0.25) is 10.0 Å². The quantitative estimate of drug-likeness (QED) is 0.843. The standard InChI is InChI=1S/C10H10Cl2N4O/c1-16-5-7(14-15-16)4-13-6-2-8(11)10(17)9(12)3-6/h2-3,5,13,17H,4H2,1H3. The van der Waals surface area contributed by atoms with Crippen LogP contribution in [0.15, 0.2) is 18.3 Å². The lowest BCUT2D eigenvalue weighted by Crippen LogP contribution is -1.99. The molecular formula is C10H10Cl2N4O. The Morgan fingerprint density at radius 3 is 2.53 bits per heavy atom. The summed E-state index contributed by atoms with van der Waals surface area (Å²) >= 11 is 11.6. The molecule has 2 aromatic rings. The van der Waals surface area contributed by atoms with E-state index in [9.17, 15) is 5.11 Å². The SMILES string of the molecule is Cn1cc(CNc2cc(Cl)c(O)c(Cl)c2)nn1. The number of phenols is 1. The van der Waals surface area contributed by atoms with Crippen molar-refractivity contribution in [1.29, 1.82) is 0 Å². The number of rotatable bonds is 3. The molecular weight excluding hydrogens is 263 g/mol. The number of phenolic OH excluding ortho intramolecular Hbond substituents is 1. The van der Waals surface area contributed by atoms with E-state index < -0.39 is 0 Å². The summed E-state index contributed by atoms with van der Waals surface area (Å²) in [4.78, 5) is 0. The molecule has 0 saturated heterocycles. The number of aromatic hydroxyl groups is 1. The Hall–Kier alpha value is -1.46. The van der Waals surface area contributed by atoms with Gasteiger partial charge in [-0.25, -0.2) is 0 Å². The minimum absolute atomic E-state index is 0.113. The highest BCUT2D eigenvalue weighted by Gasteiger charge is 2.06. The zero-order valence-corrected chi connectivity index (χ0v) is 10.5. The van der Waals surface area contributed by atoms with Gasteiger partial charge in [0.05, 0.1) is 16.6 Å². The lowest BCUT2D eigenvalue weighted by molar-refractivity contribution is 0.476. The fourth-order valence-electron chi connectivity index (χ4n) is 1.34. The fraction of sp³-hybridized carbons (Fsp3) is 0.200. The van der Waals surface area contributed by atoms with Gasteiger partial charge in [-0.2, -0.15) is 0 Å². The van der Waals surface area contributed by atoms with Crippen LogP contribution in [0.4, 0.5) is 5.69 Å². The summed E-state index contributed by atoms with van der Waals surface area (Å²) in [6.07, 6.45) is 1.80. The van der Waals surface area contributed by atoms with Gasteiger partial charge in [0.15, 0.2) is 5.75 Å². The van der Waals surface area contributed by atoms with Crippen molar-refractivity contribution < 1.29 is 5.11 Å². The van der Waals surface area contributed by atoms with E-state index in [2.05, 4.69) is 15.6 Å². The van der Waals surface area contributed by atoms with Crippen LogP contribution in [0.1, 0.15) is 5.69 Å². The molecule has 0 amide bonds. The topological polar surface area (TPSA) is 63.0 Å². The molecule has 0 fully saturated rings. The fourth-order valence-corrected chi connectivity index (χ4v) is 1.82. The van der Waals surface area contributed by atoms with E-state index >= 15 is 0 Å². The zero-order chi connectivity index (χ0) is 12.4. The minimum atomic E-state index is -0.113. The van der Waals surface area contributed by atoms with Crippen LogP contribution < -0.4 is 5.32 Å². The van der Waals surface area contributed by atoms with Gasteiger partial charge in [-0.3, -0.25) is 4.68 Å². The maximum atomic E-state index is 9.40. The van der Waals surface area contributed by atoms with E-state index in [4.69, 9.17) is 23.2 Å². The normalized spacial score (nSPS) is 10.5. The van der Waals surface area contributed by atoms with E-state index in [-0.39, 0.29) is 15.8 Å². The van der Waals surface area contributed by atoms with Gasteiger partial charge in [0.2, 0.25) is 0 Å². The Morgan fingerprint density at radius 1 is 1.35 bits per heavy atom. The van der Waals surface area contributed by atoms with Gasteiger partial charge in [0.1, 0.15) is 5.69 Å². The number of hydrogen-bond acceptors (Lipinski definition) is 4. The van der Waals surface area contributed by atoms with Crippen LogP contribution in [0.3, 0.4) is 0 Å². The second-order valence-electron chi connectivity index (χ2n) is 3.53. The smallest absolute Gasteiger partial charge is 0.152 e. The average molecular weight is 273 g/mol. The third kappa shape index (κ3) is 2.81. The van der Waals surface area contributed by atoms with Gasteiger partial charge >= 0.3 is 0 Å². The zero-order valence-electron chi connectivity index (χ0n) is 8.98. The van der Waals surface area contributed by atoms with Crippen LogP contribution in [0, 0.1) is 0 Å². The van der Waals surface area contributed by atoms with E-state index in [0.717, 1.165) is 5.69 Å². The number of aryl methyl sites for hydroxylation is 1. The first kappa shape index (κ1) is 12.0. The van der Waals surface area contributed by atoms with Gasteiger partial charge < -0.3 is 10.4 Å². The Labute approximate surface area is 108 Å². The molecule has 0 aliphatic carbocycles. The minimum Gasteiger partial charge on any atom is -0.505 e. The van der Waals surface area contributed by atoms with E-state index in [0.29, 0.717) is 12.2 Å². The summed E-state index contributed by atoms with van der Waals surface area (Å²) in [6.45, 7) is 0.505. The Balaban J connectivity index is 2.09. The van der Waals surface area contributed by atoms with Crippen LogP contribution in [-0.4, -0.2) is 20.1 Å². The molecule has 1 aromatic carbocycles. The van der Waals surface area contributed by atoms with Crippen molar-refractivity contribution in [2.75, 3.05) is 5.32 Å². The number of nitrogens with one attached hydrogen (secondary N) is 1.